The number of hydrogen-bond donors (Lipinski definition) is 1. The van der Waals surface area contributed by atoms with E-state index in [-0.39, 0.29) is 30.2 Å². The molecule has 0 radical (unpaired) electrons. The zero-order chi connectivity index (χ0) is 17.1. The predicted octanol–water partition coefficient (Wildman–Crippen LogP) is 4.18. The summed E-state index contributed by atoms with van der Waals surface area (Å²) in [6.07, 6.45) is 3.94. The van der Waals surface area contributed by atoms with Crippen LogP contribution in [0.3, 0.4) is 0 Å². The van der Waals surface area contributed by atoms with Crippen molar-refractivity contribution in [2.45, 2.75) is 45.6 Å². The summed E-state index contributed by atoms with van der Waals surface area (Å²) in [4.78, 5) is 14.9. The molecule has 3 unspecified atom stereocenters. The second-order valence-corrected chi connectivity index (χ2v) is 7.62. The third-order valence-corrected chi connectivity index (χ3v) is 5.90. The fourth-order valence-corrected chi connectivity index (χ4v) is 4.40. The van der Waals surface area contributed by atoms with Crippen LogP contribution in [0.4, 0.5) is 4.39 Å². The summed E-state index contributed by atoms with van der Waals surface area (Å²) in [5.74, 6) is 1.46. The molecule has 0 aromatic heterocycles. The van der Waals surface area contributed by atoms with E-state index < -0.39 is 0 Å². The first-order valence-corrected chi connectivity index (χ1v) is 9.32. The molecule has 0 bridgehead atoms. The van der Waals surface area contributed by atoms with E-state index in [0.717, 1.165) is 44.5 Å². The van der Waals surface area contributed by atoms with Crippen LogP contribution in [0.25, 0.3) is 0 Å². The monoisotopic (exact) mass is 368 g/mol. The Bertz CT molecular complexity index is 577. The van der Waals surface area contributed by atoms with Crippen LogP contribution in [0.15, 0.2) is 24.3 Å². The molecule has 5 heteroatoms. The van der Waals surface area contributed by atoms with Crippen molar-refractivity contribution < 1.29 is 9.18 Å². The Morgan fingerprint density at radius 2 is 2.04 bits per heavy atom. The molecule has 2 heterocycles. The Hall–Kier alpha value is -1.13. The average Bonchev–Trinajstić information content (AvgIpc) is 2.97. The van der Waals surface area contributed by atoms with Crippen LogP contribution in [0.2, 0.25) is 0 Å². The van der Waals surface area contributed by atoms with Gasteiger partial charge in [-0.3, -0.25) is 4.79 Å². The zero-order valence-electron chi connectivity index (χ0n) is 15.2. The molecular formula is C20H30ClFN2O. The molecule has 1 N–H and O–H groups in total. The Morgan fingerprint density at radius 3 is 2.72 bits per heavy atom. The highest BCUT2D eigenvalue weighted by Gasteiger charge is 2.36. The van der Waals surface area contributed by atoms with Gasteiger partial charge in [-0.25, -0.2) is 4.39 Å². The van der Waals surface area contributed by atoms with Gasteiger partial charge in [-0.2, -0.15) is 0 Å². The standard InChI is InChI=1S/C20H29FN2O.ClH/c1-14-8-11-23(20(14)17-4-3-5-18(21)13-17)19(24)12-15(2)16-6-9-22-10-7-16;/h3-5,13-16,20,22H,6-12H2,1-2H3;1H. The van der Waals surface area contributed by atoms with E-state index in [1.807, 2.05) is 11.0 Å². The topological polar surface area (TPSA) is 32.3 Å². The van der Waals surface area contributed by atoms with Crippen molar-refractivity contribution in [3.63, 3.8) is 0 Å². The van der Waals surface area contributed by atoms with Gasteiger partial charge >= 0.3 is 0 Å². The van der Waals surface area contributed by atoms with Crippen molar-refractivity contribution in [1.29, 1.82) is 0 Å². The number of nitrogens with one attached hydrogen (secondary N) is 1. The lowest BCUT2D eigenvalue weighted by Crippen LogP contribution is -2.36. The molecule has 1 amide bonds. The van der Waals surface area contributed by atoms with Crippen molar-refractivity contribution in [2.75, 3.05) is 19.6 Å². The Kier molecular flexibility index (Phi) is 7.26. The second-order valence-electron chi connectivity index (χ2n) is 7.62. The largest absolute Gasteiger partial charge is 0.335 e. The van der Waals surface area contributed by atoms with Crippen molar-refractivity contribution >= 4 is 18.3 Å². The smallest absolute Gasteiger partial charge is 0.223 e. The third-order valence-electron chi connectivity index (χ3n) is 5.90. The Morgan fingerprint density at radius 1 is 1.32 bits per heavy atom. The molecule has 1 aromatic carbocycles. The van der Waals surface area contributed by atoms with Crippen LogP contribution in [-0.2, 0) is 4.79 Å². The van der Waals surface area contributed by atoms with Gasteiger partial charge in [-0.15, -0.1) is 12.4 Å². The first-order chi connectivity index (χ1) is 11.6. The quantitative estimate of drug-likeness (QED) is 0.864. The van der Waals surface area contributed by atoms with Gasteiger partial charge in [-0.05, 0) is 67.8 Å². The number of benzene rings is 1. The molecule has 0 spiro atoms. The van der Waals surface area contributed by atoms with Gasteiger partial charge in [0.05, 0.1) is 6.04 Å². The van der Waals surface area contributed by atoms with E-state index in [4.69, 9.17) is 0 Å². The molecule has 0 saturated carbocycles. The normalized spacial score (nSPS) is 25.5. The molecule has 25 heavy (non-hydrogen) atoms. The lowest BCUT2D eigenvalue weighted by atomic mass is 9.83. The molecule has 3 rings (SSSR count). The minimum atomic E-state index is -0.220. The summed E-state index contributed by atoms with van der Waals surface area (Å²) >= 11 is 0. The van der Waals surface area contributed by atoms with Crippen LogP contribution in [0, 0.1) is 23.6 Å². The Labute approximate surface area is 156 Å². The number of likely N-dealkylation sites (tertiary alicyclic amines) is 1. The maximum Gasteiger partial charge on any atom is 0.223 e. The number of carbonyl (C=O) groups is 1. The summed E-state index contributed by atoms with van der Waals surface area (Å²) in [5, 5.41) is 3.39. The molecule has 3 nitrogen and oxygen atoms in total. The van der Waals surface area contributed by atoms with Gasteiger partial charge in [0.15, 0.2) is 0 Å². The van der Waals surface area contributed by atoms with Gasteiger partial charge < -0.3 is 10.2 Å². The molecule has 2 aliphatic rings. The highest BCUT2D eigenvalue weighted by molar-refractivity contribution is 5.85. The van der Waals surface area contributed by atoms with E-state index >= 15 is 0 Å². The molecular weight excluding hydrogens is 339 g/mol. The number of amides is 1. The van der Waals surface area contributed by atoms with Crippen LogP contribution in [-0.4, -0.2) is 30.4 Å². The predicted molar refractivity (Wildman–Crippen MR) is 101 cm³/mol. The summed E-state index contributed by atoms with van der Waals surface area (Å²) in [7, 11) is 0. The summed E-state index contributed by atoms with van der Waals surface area (Å²) in [6.45, 7) is 7.30. The summed E-state index contributed by atoms with van der Waals surface area (Å²) < 4.78 is 13.6. The second kappa shape index (κ2) is 9.00. The van der Waals surface area contributed by atoms with Crippen molar-refractivity contribution in [1.82, 2.24) is 10.2 Å². The van der Waals surface area contributed by atoms with Crippen LogP contribution in [0.5, 0.6) is 0 Å². The third kappa shape index (κ3) is 4.73. The highest BCUT2D eigenvalue weighted by Crippen LogP contribution is 2.38. The van der Waals surface area contributed by atoms with Crippen LogP contribution >= 0.6 is 12.4 Å². The number of halogens is 2. The van der Waals surface area contributed by atoms with Crippen LogP contribution < -0.4 is 5.32 Å². The molecule has 2 saturated heterocycles. The lowest BCUT2D eigenvalue weighted by Gasteiger charge is -2.32. The van der Waals surface area contributed by atoms with E-state index in [9.17, 15) is 9.18 Å². The molecule has 3 atom stereocenters. The van der Waals surface area contributed by atoms with Gasteiger partial charge in [-0.1, -0.05) is 26.0 Å². The first-order valence-electron chi connectivity index (χ1n) is 9.32. The molecule has 2 fully saturated rings. The van der Waals surface area contributed by atoms with Gasteiger partial charge in [0, 0.05) is 13.0 Å². The van der Waals surface area contributed by atoms with Gasteiger partial charge in [0.1, 0.15) is 5.82 Å². The van der Waals surface area contributed by atoms with Crippen molar-refractivity contribution in [3.05, 3.63) is 35.6 Å². The number of carbonyl (C=O) groups excluding carboxylic acids is 1. The van der Waals surface area contributed by atoms with E-state index in [0.29, 0.717) is 24.2 Å². The molecule has 140 valence electrons. The number of piperidine rings is 1. The minimum Gasteiger partial charge on any atom is -0.335 e. The van der Waals surface area contributed by atoms with E-state index in [1.165, 1.54) is 6.07 Å². The fourth-order valence-electron chi connectivity index (χ4n) is 4.40. The van der Waals surface area contributed by atoms with E-state index in [1.54, 1.807) is 12.1 Å². The minimum absolute atomic E-state index is 0. The molecule has 1 aromatic rings. The Balaban J connectivity index is 0.00000225. The van der Waals surface area contributed by atoms with E-state index in [2.05, 4.69) is 19.2 Å². The summed E-state index contributed by atoms with van der Waals surface area (Å²) in [6, 6.07) is 6.77. The summed E-state index contributed by atoms with van der Waals surface area (Å²) in [5.41, 5.74) is 0.933. The van der Waals surface area contributed by atoms with Gasteiger partial charge in [0.2, 0.25) is 5.91 Å². The maximum atomic E-state index is 13.6. The average molecular weight is 369 g/mol. The number of rotatable bonds is 4. The SMILES string of the molecule is CC(CC(=O)N1CCC(C)C1c1cccc(F)c1)C1CCNCC1.Cl. The highest BCUT2D eigenvalue weighted by atomic mass is 35.5. The number of nitrogens with zero attached hydrogens (tertiary/aromatic N) is 1. The maximum absolute atomic E-state index is 13.6. The number of hydrogen-bond acceptors (Lipinski definition) is 2. The van der Waals surface area contributed by atoms with Crippen molar-refractivity contribution in [3.8, 4) is 0 Å². The molecule has 2 aliphatic heterocycles. The zero-order valence-corrected chi connectivity index (χ0v) is 16.0. The molecule has 0 aliphatic carbocycles. The van der Waals surface area contributed by atoms with Crippen LogP contribution in [0.1, 0.15) is 51.1 Å². The fraction of sp³-hybridized carbons (Fsp3) is 0.650. The van der Waals surface area contributed by atoms with Crippen molar-refractivity contribution in [2.24, 2.45) is 17.8 Å². The van der Waals surface area contributed by atoms with Gasteiger partial charge in [0.25, 0.3) is 0 Å². The first kappa shape index (κ1) is 20.2. The lowest BCUT2D eigenvalue weighted by molar-refractivity contribution is -0.133.